The van der Waals surface area contributed by atoms with E-state index < -0.39 is 0 Å². The van der Waals surface area contributed by atoms with Gasteiger partial charge in [0.1, 0.15) is 0 Å². The first-order chi connectivity index (χ1) is 7.83. The summed E-state index contributed by atoms with van der Waals surface area (Å²) in [5.74, 6) is 4.13. The molecule has 0 aromatic rings. The monoisotopic (exact) mass is 376 g/mol. The SMILES string of the molecule is Cl.Cl.NCCSSCCN.NCCSSCCN. The number of rotatable bonds is 10. The van der Waals surface area contributed by atoms with Crippen LogP contribution in [-0.4, -0.2) is 49.2 Å². The molecule has 0 radical (unpaired) electrons. The Morgan fingerprint density at radius 1 is 0.444 bits per heavy atom. The molecule has 0 aliphatic carbocycles. The molecule has 0 unspecified atom stereocenters. The lowest BCUT2D eigenvalue weighted by Gasteiger charge is -1.93. The quantitative estimate of drug-likeness (QED) is 0.335. The van der Waals surface area contributed by atoms with Gasteiger partial charge in [0.05, 0.1) is 0 Å². The van der Waals surface area contributed by atoms with Crippen LogP contribution >= 0.6 is 68.0 Å². The van der Waals surface area contributed by atoms with E-state index in [1.807, 2.05) is 0 Å². The maximum Gasteiger partial charge on any atom is 0.0160 e. The van der Waals surface area contributed by atoms with Crippen LogP contribution in [0.25, 0.3) is 0 Å². The average molecular weight is 377 g/mol. The minimum absolute atomic E-state index is 0. The van der Waals surface area contributed by atoms with Crippen LogP contribution in [0.4, 0.5) is 0 Å². The molecule has 18 heavy (non-hydrogen) atoms. The van der Waals surface area contributed by atoms with Crippen molar-refractivity contribution in [3.8, 4) is 0 Å². The van der Waals surface area contributed by atoms with Gasteiger partial charge in [-0.1, -0.05) is 43.2 Å². The molecule has 0 spiro atoms. The molecule has 0 aliphatic rings. The van der Waals surface area contributed by atoms with Gasteiger partial charge in [-0.2, -0.15) is 0 Å². The highest BCUT2D eigenvalue weighted by Gasteiger charge is 1.84. The van der Waals surface area contributed by atoms with Crippen molar-refractivity contribution >= 4 is 68.0 Å². The molecular formula is C8H26Cl2N4S4. The predicted octanol–water partition coefficient (Wildman–Crippen LogP) is 1.41. The maximum atomic E-state index is 5.25. The molecule has 0 amide bonds. The molecule has 8 N–H and O–H groups in total. The van der Waals surface area contributed by atoms with Gasteiger partial charge in [-0.3, -0.25) is 0 Å². The van der Waals surface area contributed by atoms with Crippen LogP contribution in [0.3, 0.4) is 0 Å². The molecule has 4 nitrogen and oxygen atoms in total. The van der Waals surface area contributed by atoms with Crippen molar-refractivity contribution in [1.29, 1.82) is 0 Å². The summed E-state index contributed by atoms with van der Waals surface area (Å²) in [4.78, 5) is 0. The van der Waals surface area contributed by atoms with E-state index in [1.165, 1.54) is 0 Å². The van der Waals surface area contributed by atoms with E-state index in [1.54, 1.807) is 43.2 Å². The zero-order valence-corrected chi connectivity index (χ0v) is 15.3. The van der Waals surface area contributed by atoms with Gasteiger partial charge in [0.25, 0.3) is 0 Å². The summed E-state index contributed by atoms with van der Waals surface area (Å²) in [7, 11) is 7.16. The molecule has 10 heteroatoms. The Labute approximate surface area is 139 Å². The lowest BCUT2D eigenvalue weighted by Crippen LogP contribution is -2.02. The van der Waals surface area contributed by atoms with Crippen LogP contribution in [0.1, 0.15) is 0 Å². The highest BCUT2D eigenvalue weighted by atomic mass is 35.5. The second kappa shape index (κ2) is 31.3. The maximum absolute atomic E-state index is 5.25. The minimum atomic E-state index is 0. The molecule has 0 heterocycles. The number of halogens is 2. The van der Waals surface area contributed by atoms with Crippen molar-refractivity contribution in [2.45, 2.75) is 0 Å². The molecule has 0 aromatic heterocycles. The Bertz CT molecular complexity index is 95.1. The van der Waals surface area contributed by atoms with Gasteiger partial charge in [-0.05, 0) is 0 Å². The summed E-state index contributed by atoms with van der Waals surface area (Å²) >= 11 is 0. The first kappa shape index (κ1) is 28.0. The van der Waals surface area contributed by atoms with Gasteiger partial charge in [0, 0.05) is 49.2 Å². The molecule has 0 fully saturated rings. The normalized spacial score (nSPS) is 8.67. The van der Waals surface area contributed by atoms with Crippen LogP contribution in [-0.2, 0) is 0 Å². The van der Waals surface area contributed by atoms with E-state index in [4.69, 9.17) is 22.9 Å². The molecule has 0 aromatic carbocycles. The van der Waals surface area contributed by atoms with Gasteiger partial charge in [0.15, 0.2) is 0 Å². The van der Waals surface area contributed by atoms with E-state index in [0.29, 0.717) is 0 Å². The van der Waals surface area contributed by atoms with Gasteiger partial charge < -0.3 is 22.9 Å². The first-order valence-corrected chi connectivity index (χ1v) is 10.1. The predicted molar refractivity (Wildman–Crippen MR) is 101 cm³/mol. The number of hydrogen-bond acceptors (Lipinski definition) is 8. The van der Waals surface area contributed by atoms with Crippen molar-refractivity contribution in [2.24, 2.45) is 22.9 Å². The smallest absolute Gasteiger partial charge is 0.0160 e. The summed E-state index contributed by atoms with van der Waals surface area (Å²) in [5, 5.41) is 0. The molecule has 116 valence electrons. The summed E-state index contributed by atoms with van der Waals surface area (Å²) in [6, 6.07) is 0. The number of hydrogen-bond donors (Lipinski definition) is 4. The van der Waals surface area contributed by atoms with Gasteiger partial charge >= 0.3 is 0 Å². The van der Waals surface area contributed by atoms with Gasteiger partial charge in [-0.25, -0.2) is 0 Å². The lowest BCUT2D eigenvalue weighted by atomic mass is 10.8. The fourth-order valence-corrected chi connectivity index (χ4v) is 3.85. The largest absolute Gasteiger partial charge is 0.330 e. The highest BCUT2D eigenvalue weighted by molar-refractivity contribution is 8.77. The van der Waals surface area contributed by atoms with Crippen molar-refractivity contribution in [2.75, 3.05) is 49.2 Å². The lowest BCUT2D eigenvalue weighted by molar-refractivity contribution is 1.15. The van der Waals surface area contributed by atoms with E-state index >= 15 is 0 Å². The van der Waals surface area contributed by atoms with Crippen molar-refractivity contribution in [3.05, 3.63) is 0 Å². The van der Waals surface area contributed by atoms with Crippen LogP contribution in [0.5, 0.6) is 0 Å². The molecule has 0 saturated heterocycles. The van der Waals surface area contributed by atoms with Crippen LogP contribution < -0.4 is 22.9 Å². The Kier molecular flexibility index (Phi) is 48.8. The number of nitrogens with two attached hydrogens (primary N) is 4. The zero-order chi connectivity index (χ0) is 12.5. The van der Waals surface area contributed by atoms with Crippen LogP contribution in [0.15, 0.2) is 0 Å². The van der Waals surface area contributed by atoms with Crippen LogP contribution in [0, 0.1) is 0 Å². The Morgan fingerprint density at radius 3 is 0.722 bits per heavy atom. The van der Waals surface area contributed by atoms with Crippen molar-refractivity contribution < 1.29 is 0 Å². The molecular weight excluding hydrogens is 351 g/mol. The Balaban J connectivity index is -0.0000000980. The Morgan fingerprint density at radius 2 is 0.611 bits per heavy atom. The van der Waals surface area contributed by atoms with Crippen molar-refractivity contribution in [1.82, 2.24) is 0 Å². The molecule has 0 atom stereocenters. The van der Waals surface area contributed by atoms with E-state index in [2.05, 4.69) is 0 Å². The summed E-state index contributed by atoms with van der Waals surface area (Å²) < 4.78 is 0. The van der Waals surface area contributed by atoms with E-state index in [9.17, 15) is 0 Å². The molecule has 0 rings (SSSR count). The fraction of sp³-hybridized carbons (Fsp3) is 1.00. The molecule has 0 saturated carbocycles. The van der Waals surface area contributed by atoms with E-state index in [-0.39, 0.29) is 24.8 Å². The van der Waals surface area contributed by atoms with Crippen molar-refractivity contribution in [3.63, 3.8) is 0 Å². The van der Waals surface area contributed by atoms with E-state index in [0.717, 1.165) is 49.2 Å². The molecule has 0 aliphatic heterocycles. The third kappa shape index (κ3) is 36.1. The van der Waals surface area contributed by atoms with Crippen LogP contribution in [0.2, 0.25) is 0 Å². The first-order valence-electron chi connectivity index (χ1n) is 5.12. The standard InChI is InChI=1S/2C4H12N2S2.2ClH/c2*5-1-3-7-8-4-2-6;;/h2*1-6H2;2*1H. The minimum Gasteiger partial charge on any atom is -0.330 e. The summed E-state index contributed by atoms with van der Waals surface area (Å²) in [5.41, 5.74) is 21.0. The third-order valence-corrected chi connectivity index (χ3v) is 5.91. The second-order valence-electron chi connectivity index (χ2n) is 2.44. The third-order valence-electron chi connectivity index (χ3n) is 0.971. The highest BCUT2D eigenvalue weighted by Crippen LogP contribution is 2.18. The van der Waals surface area contributed by atoms with Gasteiger partial charge in [-0.15, -0.1) is 24.8 Å². The summed E-state index contributed by atoms with van der Waals surface area (Å²) in [6.07, 6.45) is 0. The molecule has 0 bridgehead atoms. The average Bonchev–Trinajstić information content (AvgIpc) is 2.31. The fourth-order valence-electron chi connectivity index (χ4n) is 0.428. The topological polar surface area (TPSA) is 104 Å². The second-order valence-corrected chi connectivity index (χ2v) is 7.85. The Hall–Kier alpha value is 1.82. The summed E-state index contributed by atoms with van der Waals surface area (Å²) in [6.45, 7) is 3.06. The zero-order valence-electron chi connectivity index (χ0n) is 10.4. The van der Waals surface area contributed by atoms with Gasteiger partial charge in [0.2, 0.25) is 0 Å².